The molecule has 1 aliphatic rings. The first-order valence-electron chi connectivity index (χ1n) is 9.15. The maximum absolute atomic E-state index is 11.7. The number of anilines is 1. The van der Waals surface area contributed by atoms with Crippen LogP contribution in [0, 0.1) is 0 Å². The van der Waals surface area contributed by atoms with E-state index in [1.54, 1.807) is 0 Å². The predicted molar refractivity (Wildman–Crippen MR) is 104 cm³/mol. The van der Waals surface area contributed by atoms with E-state index in [1.807, 2.05) is 59.5 Å². The number of para-hydroxylation sites is 1. The number of fused-ring (bicyclic) bond motifs is 1. The van der Waals surface area contributed by atoms with Crippen molar-refractivity contribution in [1.82, 2.24) is 14.9 Å². The highest BCUT2D eigenvalue weighted by Gasteiger charge is 2.31. The summed E-state index contributed by atoms with van der Waals surface area (Å²) in [4.78, 5) is 23.1. The molecule has 1 saturated heterocycles. The second kappa shape index (κ2) is 7.62. The Morgan fingerprint density at radius 1 is 1.00 bits per heavy atom. The van der Waals surface area contributed by atoms with Gasteiger partial charge in [0.2, 0.25) is 0 Å². The lowest BCUT2D eigenvalue weighted by Crippen LogP contribution is -2.33. The second-order valence-electron chi connectivity index (χ2n) is 6.54. The number of hydrogen-bond acceptors (Lipinski definition) is 4. The Morgan fingerprint density at radius 3 is 2.62 bits per heavy atom. The summed E-state index contributed by atoms with van der Waals surface area (Å²) in [6.45, 7) is 2.48. The number of nitrogens with zero attached hydrogens (tertiary/aromatic N) is 3. The van der Waals surface area contributed by atoms with Crippen molar-refractivity contribution in [2.24, 2.45) is 0 Å². The molecule has 0 aliphatic carbocycles. The van der Waals surface area contributed by atoms with Crippen LogP contribution in [0.25, 0.3) is 22.3 Å². The number of aromatic nitrogens is 2. The van der Waals surface area contributed by atoms with Gasteiger partial charge in [-0.1, -0.05) is 42.5 Å². The number of amides is 1. The fourth-order valence-corrected chi connectivity index (χ4v) is 3.34. The number of hydrogen-bond donors (Lipinski definition) is 1. The third-order valence-electron chi connectivity index (χ3n) is 4.70. The number of nitrogens with one attached hydrogen (secondary N) is 1. The van der Waals surface area contributed by atoms with Crippen LogP contribution >= 0.6 is 0 Å². The van der Waals surface area contributed by atoms with E-state index in [-0.39, 0.29) is 5.91 Å². The molecule has 26 heavy (non-hydrogen) atoms. The van der Waals surface area contributed by atoms with Gasteiger partial charge in [-0.25, -0.2) is 14.8 Å². The quantitative estimate of drug-likeness (QED) is 0.548. The number of carbonyl (C=O) groups excluding carboxylic acids is 1. The van der Waals surface area contributed by atoms with Gasteiger partial charge in [0, 0.05) is 30.3 Å². The summed E-state index contributed by atoms with van der Waals surface area (Å²) in [5.74, 6) is 1.85. The molecule has 0 saturated carbocycles. The zero-order valence-corrected chi connectivity index (χ0v) is 14.7. The molecule has 1 fully saturated rings. The Morgan fingerprint density at radius 2 is 1.81 bits per heavy atom. The van der Waals surface area contributed by atoms with Crippen molar-refractivity contribution in [1.29, 1.82) is 0 Å². The molecule has 0 atom stereocenters. The first-order chi connectivity index (χ1) is 12.8. The molecule has 1 aliphatic heterocycles. The summed E-state index contributed by atoms with van der Waals surface area (Å²) in [6, 6.07) is 18.1. The minimum Gasteiger partial charge on any atom is -0.369 e. The summed E-state index contributed by atoms with van der Waals surface area (Å²) < 4.78 is 0. The van der Waals surface area contributed by atoms with E-state index in [0.717, 1.165) is 60.6 Å². The van der Waals surface area contributed by atoms with Gasteiger partial charge >= 0.3 is 5.91 Å². The molecule has 4 rings (SSSR count). The lowest BCUT2D eigenvalue weighted by atomic mass is 10.2. The van der Waals surface area contributed by atoms with Crippen LogP contribution in [0.5, 0.6) is 0 Å². The first-order valence-corrected chi connectivity index (χ1v) is 9.15. The molecule has 0 bridgehead atoms. The third-order valence-corrected chi connectivity index (χ3v) is 4.70. The number of carbonyl (C=O) groups is 1. The molecule has 1 N–H and O–H groups in total. The van der Waals surface area contributed by atoms with Crippen molar-refractivity contribution in [3.05, 3.63) is 54.6 Å². The van der Waals surface area contributed by atoms with Crippen molar-refractivity contribution in [3.63, 3.8) is 0 Å². The van der Waals surface area contributed by atoms with Gasteiger partial charge < -0.3 is 5.32 Å². The second-order valence-corrected chi connectivity index (χ2v) is 6.54. The highest BCUT2D eigenvalue weighted by atomic mass is 16.2. The SMILES string of the molecule is O=C1CCC[N+]1CCCNc1nc(-c2ccccc2)nc2ccccc12. The monoisotopic (exact) mass is 346 g/mol. The lowest BCUT2D eigenvalue weighted by molar-refractivity contribution is -0.123. The summed E-state index contributed by atoms with van der Waals surface area (Å²) in [7, 11) is 0. The zero-order valence-electron chi connectivity index (χ0n) is 14.7. The summed E-state index contributed by atoms with van der Waals surface area (Å²) in [6.07, 6.45) is 2.60. The van der Waals surface area contributed by atoms with Gasteiger partial charge in [0.05, 0.1) is 11.9 Å². The summed E-state index contributed by atoms with van der Waals surface area (Å²) in [5, 5.41) is 4.47. The van der Waals surface area contributed by atoms with Crippen LogP contribution in [0.15, 0.2) is 54.6 Å². The standard InChI is InChI=1S/C21H22N4O/c26-19-12-6-14-25(19)15-7-13-22-21-17-10-4-5-11-18(17)23-20(24-21)16-8-2-1-3-9-16/h1-5,8-11H,6-7,12-15H2,(H,22,23,24)/q+1. The van der Waals surface area contributed by atoms with Crippen LogP contribution < -0.4 is 10.2 Å². The average molecular weight is 346 g/mol. The Balaban J connectivity index is 1.52. The molecule has 1 amide bonds. The number of rotatable bonds is 6. The average Bonchev–Trinajstić information content (AvgIpc) is 3.10. The fraction of sp³-hybridized carbons (Fsp3) is 0.286. The van der Waals surface area contributed by atoms with E-state index in [4.69, 9.17) is 9.97 Å². The molecule has 2 heterocycles. The Bertz CT molecular complexity index is 910. The molecule has 2 aromatic carbocycles. The molecule has 131 valence electrons. The van der Waals surface area contributed by atoms with Gasteiger partial charge in [0.1, 0.15) is 18.9 Å². The van der Waals surface area contributed by atoms with Crippen LogP contribution in [0.1, 0.15) is 19.3 Å². The van der Waals surface area contributed by atoms with E-state index in [9.17, 15) is 4.79 Å². The lowest BCUT2D eigenvalue weighted by Gasteiger charge is -2.11. The maximum Gasteiger partial charge on any atom is 0.361 e. The Kier molecular flexibility index (Phi) is 4.88. The minimum atomic E-state index is 0.281. The topological polar surface area (TPSA) is 60.8 Å². The van der Waals surface area contributed by atoms with Crippen molar-refractivity contribution >= 4 is 22.6 Å². The molecule has 1 radical (unpaired) electrons. The van der Waals surface area contributed by atoms with Crippen LogP contribution in [0.2, 0.25) is 0 Å². The Hall–Kier alpha value is -2.79. The van der Waals surface area contributed by atoms with Gasteiger partial charge in [0.25, 0.3) is 0 Å². The maximum atomic E-state index is 11.7. The van der Waals surface area contributed by atoms with Gasteiger partial charge in [-0.15, -0.1) is 4.90 Å². The van der Waals surface area contributed by atoms with Crippen LogP contribution in [0.4, 0.5) is 5.82 Å². The normalized spacial score (nSPS) is 14.8. The van der Waals surface area contributed by atoms with E-state index in [0.29, 0.717) is 6.42 Å². The van der Waals surface area contributed by atoms with E-state index >= 15 is 0 Å². The van der Waals surface area contributed by atoms with Crippen LogP contribution in [-0.2, 0) is 4.79 Å². The molecule has 5 nitrogen and oxygen atoms in total. The molecule has 0 spiro atoms. The fourth-order valence-electron chi connectivity index (χ4n) is 3.34. The van der Waals surface area contributed by atoms with Gasteiger partial charge in [-0.2, -0.15) is 0 Å². The van der Waals surface area contributed by atoms with Crippen molar-refractivity contribution < 1.29 is 4.79 Å². The highest BCUT2D eigenvalue weighted by Crippen LogP contribution is 2.24. The van der Waals surface area contributed by atoms with Crippen LogP contribution in [0.3, 0.4) is 0 Å². The summed E-state index contributed by atoms with van der Waals surface area (Å²) in [5.41, 5.74) is 1.93. The molecular formula is C21H22N4O+. The molecule has 0 unspecified atom stereocenters. The predicted octanol–water partition coefficient (Wildman–Crippen LogP) is 3.56. The van der Waals surface area contributed by atoms with Crippen molar-refractivity contribution in [3.8, 4) is 11.4 Å². The van der Waals surface area contributed by atoms with Gasteiger partial charge in [0.15, 0.2) is 5.82 Å². The van der Waals surface area contributed by atoms with Gasteiger partial charge in [-0.3, -0.25) is 0 Å². The summed E-state index contributed by atoms with van der Waals surface area (Å²) >= 11 is 0. The Labute approximate surface area is 153 Å². The molecule has 1 aromatic heterocycles. The van der Waals surface area contributed by atoms with E-state index in [2.05, 4.69) is 5.32 Å². The smallest absolute Gasteiger partial charge is 0.361 e. The zero-order chi connectivity index (χ0) is 17.8. The molecular weight excluding hydrogens is 324 g/mol. The largest absolute Gasteiger partial charge is 0.369 e. The van der Waals surface area contributed by atoms with E-state index < -0.39 is 0 Å². The highest BCUT2D eigenvalue weighted by molar-refractivity contribution is 5.90. The minimum absolute atomic E-state index is 0.281. The van der Waals surface area contributed by atoms with Crippen molar-refractivity contribution in [2.45, 2.75) is 19.3 Å². The molecule has 3 aromatic rings. The van der Waals surface area contributed by atoms with Crippen molar-refractivity contribution in [2.75, 3.05) is 25.0 Å². The van der Waals surface area contributed by atoms with E-state index in [1.165, 1.54) is 0 Å². The van der Waals surface area contributed by atoms with Crippen LogP contribution in [-0.4, -0.2) is 35.5 Å². The number of benzene rings is 2. The molecule has 5 heteroatoms. The number of likely N-dealkylation sites (tertiary alicyclic amines) is 1. The van der Waals surface area contributed by atoms with Gasteiger partial charge in [-0.05, 0) is 12.1 Å². The first kappa shape index (κ1) is 16.7. The third kappa shape index (κ3) is 3.58.